The van der Waals surface area contributed by atoms with Crippen LogP contribution in [0.4, 0.5) is 0 Å². The Hall–Kier alpha value is -0.270. The van der Waals surface area contributed by atoms with Gasteiger partial charge in [-0.2, -0.15) is 0 Å². The molecule has 2 aromatic rings. The molecule has 0 heterocycles. The van der Waals surface area contributed by atoms with Crippen LogP contribution in [0.25, 0.3) is 0 Å². The van der Waals surface area contributed by atoms with Gasteiger partial charge in [-0.1, -0.05) is 65.9 Å². The molecule has 2 aromatic carbocycles. The van der Waals surface area contributed by atoms with Gasteiger partial charge in [0.05, 0.1) is 45.8 Å². The molecule has 166 valence electrons. The van der Waals surface area contributed by atoms with E-state index in [1.165, 1.54) is 0 Å². The van der Waals surface area contributed by atoms with Crippen molar-refractivity contribution in [1.82, 2.24) is 0 Å². The Kier molecular flexibility index (Phi) is 8.76. The summed E-state index contributed by atoms with van der Waals surface area (Å²) in [5.74, 6) is 0. The van der Waals surface area contributed by atoms with Gasteiger partial charge in [-0.25, -0.2) is 0 Å². The second-order valence-corrected chi connectivity index (χ2v) is 22.4. The van der Waals surface area contributed by atoms with E-state index in [-0.39, 0.29) is 7.92 Å². The fourth-order valence-corrected chi connectivity index (χ4v) is 16.1. The lowest BCUT2D eigenvalue weighted by Crippen LogP contribution is -2.41. The fourth-order valence-electron chi connectivity index (χ4n) is 4.93. The summed E-state index contributed by atoms with van der Waals surface area (Å²) in [6.45, 7) is 27.2. The van der Waals surface area contributed by atoms with E-state index in [0.29, 0.717) is 22.6 Å². The van der Waals surface area contributed by atoms with E-state index in [2.05, 4.69) is 124 Å². The molecular formula is C27H45P3+2. The van der Waals surface area contributed by atoms with Gasteiger partial charge in [-0.15, -0.1) is 0 Å². The van der Waals surface area contributed by atoms with Crippen LogP contribution in [0.15, 0.2) is 48.5 Å². The lowest BCUT2D eigenvalue weighted by Gasteiger charge is -2.35. The van der Waals surface area contributed by atoms with Crippen LogP contribution in [-0.4, -0.2) is 42.6 Å². The summed E-state index contributed by atoms with van der Waals surface area (Å²) in [5, 5.41) is 6.63. The Morgan fingerprint density at radius 2 is 0.967 bits per heavy atom. The molecule has 0 aliphatic carbocycles. The normalized spacial score (nSPS) is 13.3. The zero-order chi connectivity index (χ0) is 22.9. The third-order valence-corrected chi connectivity index (χ3v) is 19.5. The van der Waals surface area contributed by atoms with Crippen LogP contribution < -0.4 is 21.2 Å². The molecule has 0 saturated heterocycles. The van der Waals surface area contributed by atoms with E-state index >= 15 is 0 Å². The van der Waals surface area contributed by atoms with Crippen LogP contribution in [0.1, 0.15) is 55.4 Å². The molecule has 0 amide bonds. The van der Waals surface area contributed by atoms with Crippen molar-refractivity contribution < 1.29 is 0 Å². The van der Waals surface area contributed by atoms with E-state index in [0.717, 1.165) is 0 Å². The molecule has 0 bridgehead atoms. The molecule has 0 aromatic heterocycles. The van der Waals surface area contributed by atoms with Gasteiger partial charge in [-0.05, 0) is 57.2 Å². The van der Waals surface area contributed by atoms with Gasteiger partial charge >= 0.3 is 0 Å². The van der Waals surface area contributed by atoms with E-state index in [4.69, 9.17) is 0 Å². The molecule has 0 atom stereocenters. The molecule has 0 N–H and O–H groups in total. The fraction of sp³-hybridized carbons (Fsp3) is 0.556. The molecule has 0 aliphatic heterocycles. The predicted octanol–water partition coefficient (Wildman–Crippen LogP) is 6.93. The molecule has 2 rings (SSSR count). The summed E-state index contributed by atoms with van der Waals surface area (Å²) in [5.41, 5.74) is 2.83. The van der Waals surface area contributed by atoms with Crippen molar-refractivity contribution in [3.63, 3.8) is 0 Å². The first kappa shape index (κ1) is 26.0. The summed E-state index contributed by atoms with van der Waals surface area (Å²) in [7, 11) is -2.93. The quantitative estimate of drug-likeness (QED) is 0.373. The van der Waals surface area contributed by atoms with Crippen LogP contribution in [0.2, 0.25) is 0 Å². The maximum absolute atomic E-state index is 2.60. The first-order valence-electron chi connectivity index (χ1n) is 11.5. The van der Waals surface area contributed by atoms with Crippen molar-refractivity contribution in [2.24, 2.45) is 0 Å². The third-order valence-electron chi connectivity index (χ3n) is 7.02. The molecule has 0 spiro atoms. The zero-order valence-corrected chi connectivity index (χ0v) is 24.0. The largest absolute Gasteiger partial charge is 0.140 e. The van der Waals surface area contributed by atoms with E-state index in [1.54, 1.807) is 21.2 Å². The minimum absolute atomic E-state index is 0.175. The van der Waals surface area contributed by atoms with Gasteiger partial charge < -0.3 is 0 Å². The minimum Gasteiger partial charge on any atom is -0.0657 e. The number of hydrogen-bond donors (Lipinski definition) is 0. The van der Waals surface area contributed by atoms with Crippen molar-refractivity contribution >= 4 is 43.7 Å². The van der Waals surface area contributed by atoms with E-state index in [1.807, 2.05) is 0 Å². The van der Waals surface area contributed by atoms with Crippen LogP contribution in [-0.2, 0) is 0 Å². The second kappa shape index (κ2) is 10.1. The highest BCUT2D eigenvalue weighted by atomic mass is 31.2. The summed E-state index contributed by atoms with van der Waals surface area (Å²) in [6.07, 6.45) is 0. The average Bonchev–Trinajstić information content (AvgIpc) is 2.66. The van der Waals surface area contributed by atoms with Crippen molar-refractivity contribution in [2.75, 3.05) is 20.0 Å². The number of rotatable bonds is 8. The highest BCUT2D eigenvalue weighted by Gasteiger charge is 2.49. The Morgan fingerprint density at radius 1 is 0.567 bits per heavy atom. The van der Waals surface area contributed by atoms with Crippen LogP contribution in [0, 0.1) is 0 Å². The van der Waals surface area contributed by atoms with E-state index < -0.39 is 14.5 Å². The Labute approximate surface area is 190 Å². The van der Waals surface area contributed by atoms with Gasteiger partial charge in [0.25, 0.3) is 0 Å². The van der Waals surface area contributed by atoms with Gasteiger partial charge in [0.1, 0.15) is 15.9 Å². The first-order valence-corrected chi connectivity index (χ1v) is 18.1. The Balaban J connectivity index is 2.77. The third kappa shape index (κ3) is 4.88. The molecule has 0 fully saturated rings. The summed E-state index contributed by atoms with van der Waals surface area (Å²) in [6, 6.07) is 19.0. The molecule has 0 radical (unpaired) electrons. The lowest BCUT2D eigenvalue weighted by molar-refractivity contribution is 0.999. The first-order chi connectivity index (χ1) is 13.9. The van der Waals surface area contributed by atoms with Crippen molar-refractivity contribution in [3.05, 3.63) is 48.5 Å². The number of hydrogen-bond acceptors (Lipinski definition) is 0. The Bertz CT molecular complexity index is 818. The molecule has 3 heteroatoms. The topological polar surface area (TPSA) is 0 Å². The maximum Gasteiger partial charge on any atom is 0.140 e. The summed E-state index contributed by atoms with van der Waals surface area (Å²) < 4.78 is 0. The van der Waals surface area contributed by atoms with Gasteiger partial charge in [0.2, 0.25) is 0 Å². The van der Waals surface area contributed by atoms with E-state index in [9.17, 15) is 0 Å². The monoisotopic (exact) mass is 462 g/mol. The van der Waals surface area contributed by atoms with Crippen LogP contribution in [0.3, 0.4) is 0 Å². The molecule has 0 saturated carbocycles. The standard InChI is InChI=1S/C27H45P3/c1-20(2)28(21(3)4)24-16-12-13-17-25(24)29(9,10)26-18-14-15-19-27(26)30(11,22(5)6)23(7)8/h12-23H,1-11H3/q+2. The van der Waals surface area contributed by atoms with Crippen LogP contribution >= 0.6 is 22.4 Å². The molecule has 0 unspecified atom stereocenters. The number of benzene rings is 2. The van der Waals surface area contributed by atoms with Crippen molar-refractivity contribution in [3.8, 4) is 0 Å². The molecule has 0 aliphatic rings. The van der Waals surface area contributed by atoms with Gasteiger partial charge in [0.15, 0.2) is 0 Å². The second-order valence-electron chi connectivity index (χ2n) is 10.4. The van der Waals surface area contributed by atoms with Crippen LogP contribution in [0.5, 0.6) is 0 Å². The molecule has 30 heavy (non-hydrogen) atoms. The predicted molar refractivity (Wildman–Crippen MR) is 150 cm³/mol. The van der Waals surface area contributed by atoms with Crippen molar-refractivity contribution in [2.45, 2.75) is 78.0 Å². The Morgan fingerprint density at radius 3 is 1.40 bits per heavy atom. The molecule has 0 nitrogen and oxygen atoms in total. The van der Waals surface area contributed by atoms with Gasteiger partial charge in [-0.3, -0.25) is 0 Å². The van der Waals surface area contributed by atoms with Gasteiger partial charge in [0, 0.05) is 5.30 Å². The lowest BCUT2D eigenvalue weighted by atomic mass is 10.3. The summed E-state index contributed by atoms with van der Waals surface area (Å²) >= 11 is 0. The SMILES string of the molecule is CC(C)P(c1ccccc1[P+](C)(C)c1ccccc1[P+](C)(C(C)C)C(C)C)C(C)C. The maximum atomic E-state index is 2.60. The molecular weight excluding hydrogens is 417 g/mol. The summed E-state index contributed by atoms with van der Waals surface area (Å²) in [4.78, 5) is 0. The smallest absolute Gasteiger partial charge is 0.0657 e. The zero-order valence-electron chi connectivity index (χ0n) is 21.3. The van der Waals surface area contributed by atoms with Crippen molar-refractivity contribution in [1.29, 1.82) is 0 Å². The average molecular weight is 463 g/mol. The highest BCUT2D eigenvalue weighted by Crippen LogP contribution is 2.64. The minimum atomic E-state index is -1.49. The highest BCUT2D eigenvalue weighted by molar-refractivity contribution is 7.92.